The Morgan fingerprint density at radius 1 is 1.37 bits per heavy atom. The Labute approximate surface area is 115 Å². The highest BCUT2D eigenvalue weighted by Crippen LogP contribution is 2.39. The van der Waals surface area contributed by atoms with Crippen LogP contribution in [0.25, 0.3) is 0 Å². The third-order valence-electron chi connectivity index (χ3n) is 3.88. The number of hydrogen-bond acceptors (Lipinski definition) is 3. The predicted octanol–water partition coefficient (Wildman–Crippen LogP) is 2.06. The summed E-state index contributed by atoms with van der Waals surface area (Å²) in [6.45, 7) is 3.28. The van der Waals surface area contributed by atoms with Gasteiger partial charge in [-0.15, -0.1) is 0 Å². The van der Waals surface area contributed by atoms with Crippen LogP contribution < -0.4 is 10.6 Å². The molecule has 1 aromatic rings. The van der Waals surface area contributed by atoms with Crippen LogP contribution in [-0.2, 0) is 0 Å². The minimum absolute atomic E-state index is 0.00874. The molecule has 4 heteroatoms. The SMILES string of the molecule is CC1CC1CN(C)c1cc(C(=O)N(C)C)ccc1N. The summed E-state index contributed by atoms with van der Waals surface area (Å²) < 4.78 is 0. The molecule has 1 fully saturated rings. The zero-order valence-corrected chi connectivity index (χ0v) is 12.2. The number of amides is 1. The summed E-state index contributed by atoms with van der Waals surface area (Å²) in [4.78, 5) is 15.7. The first kappa shape index (κ1) is 13.7. The highest BCUT2D eigenvalue weighted by molar-refractivity contribution is 5.96. The van der Waals surface area contributed by atoms with E-state index < -0.39 is 0 Å². The summed E-state index contributed by atoms with van der Waals surface area (Å²) in [6.07, 6.45) is 1.29. The minimum Gasteiger partial charge on any atom is -0.397 e. The van der Waals surface area contributed by atoms with E-state index in [2.05, 4.69) is 11.8 Å². The number of hydrogen-bond donors (Lipinski definition) is 1. The van der Waals surface area contributed by atoms with Gasteiger partial charge in [-0.2, -0.15) is 0 Å². The molecule has 2 rings (SSSR count). The number of nitrogens with zero attached hydrogens (tertiary/aromatic N) is 2. The third kappa shape index (κ3) is 3.00. The van der Waals surface area contributed by atoms with E-state index in [1.54, 1.807) is 25.1 Å². The number of anilines is 2. The molecule has 0 radical (unpaired) electrons. The van der Waals surface area contributed by atoms with Crippen molar-refractivity contribution in [1.29, 1.82) is 0 Å². The van der Waals surface area contributed by atoms with E-state index in [0.717, 1.165) is 29.8 Å². The van der Waals surface area contributed by atoms with Crippen molar-refractivity contribution >= 4 is 17.3 Å². The van der Waals surface area contributed by atoms with Crippen molar-refractivity contribution in [3.63, 3.8) is 0 Å². The normalized spacial score (nSPS) is 21.1. The fourth-order valence-corrected chi connectivity index (χ4v) is 2.37. The summed E-state index contributed by atoms with van der Waals surface area (Å²) in [6, 6.07) is 5.50. The minimum atomic E-state index is 0.00874. The number of benzene rings is 1. The van der Waals surface area contributed by atoms with E-state index in [9.17, 15) is 4.79 Å². The number of nitrogen functional groups attached to an aromatic ring is 1. The topological polar surface area (TPSA) is 49.6 Å². The maximum atomic E-state index is 12.0. The van der Waals surface area contributed by atoms with Crippen LogP contribution in [0.15, 0.2) is 18.2 Å². The summed E-state index contributed by atoms with van der Waals surface area (Å²) >= 11 is 0. The predicted molar refractivity (Wildman–Crippen MR) is 79.4 cm³/mol. The molecule has 104 valence electrons. The van der Waals surface area contributed by atoms with Crippen molar-refractivity contribution in [2.75, 3.05) is 38.3 Å². The van der Waals surface area contributed by atoms with Gasteiger partial charge in [-0.1, -0.05) is 6.92 Å². The van der Waals surface area contributed by atoms with E-state index in [4.69, 9.17) is 5.73 Å². The summed E-state index contributed by atoms with van der Waals surface area (Å²) in [5.41, 5.74) is 8.39. The van der Waals surface area contributed by atoms with Crippen LogP contribution in [0.3, 0.4) is 0 Å². The number of nitrogens with two attached hydrogens (primary N) is 1. The van der Waals surface area contributed by atoms with Gasteiger partial charge in [-0.05, 0) is 36.5 Å². The van der Waals surface area contributed by atoms with Gasteiger partial charge in [0, 0.05) is 33.3 Å². The number of carbonyl (C=O) groups is 1. The molecule has 1 aliphatic rings. The average Bonchev–Trinajstić information content (AvgIpc) is 3.04. The zero-order chi connectivity index (χ0) is 14.2. The Bertz CT molecular complexity index is 484. The largest absolute Gasteiger partial charge is 0.397 e. The molecule has 0 aliphatic heterocycles. The van der Waals surface area contributed by atoms with Crippen molar-refractivity contribution in [3.8, 4) is 0 Å². The average molecular weight is 261 g/mol. The van der Waals surface area contributed by atoms with Crippen LogP contribution >= 0.6 is 0 Å². The maximum Gasteiger partial charge on any atom is 0.253 e. The quantitative estimate of drug-likeness (QED) is 0.844. The monoisotopic (exact) mass is 261 g/mol. The molecule has 1 amide bonds. The van der Waals surface area contributed by atoms with Gasteiger partial charge in [0.1, 0.15) is 0 Å². The van der Waals surface area contributed by atoms with E-state index in [0.29, 0.717) is 5.56 Å². The summed E-state index contributed by atoms with van der Waals surface area (Å²) in [7, 11) is 5.56. The first-order valence-corrected chi connectivity index (χ1v) is 6.72. The van der Waals surface area contributed by atoms with Crippen LogP contribution in [0, 0.1) is 11.8 Å². The zero-order valence-electron chi connectivity index (χ0n) is 12.2. The molecular formula is C15H23N3O. The second-order valence-electron chi connectivity index (χ2n) is 5.83. The standard InChI is InChI=1S/C15H23N3O/c1-10-7-12(10)9-18(4)14-8-11(5-6-13(14)16)15(19)17(2)3/h5-6,8,10,12H,7,9,16H2,1-4H3. The highest BCUT2D eigenvalue weighted by atomic mass is 16.2. The molecule has 0 aromatic heterocycles. The fourth-order valence-electron chi connectivity index (χ4n) is 2.37. The maximum absolute atomic E-state index is 12.0. The summed E-state index contributed by atoms with van der Waals surface area (Å²) in [5.74, 6) is 1.59. The van der Waals surface area contributed by atoms with Crippen molar-refractivity contribution in [2.24, 2.45) is 11.8 Å². The van der Waals surface area contributed by atoms with Crippen molar-refractivity contribution in [3.05, 3.63) is 23.8 Å². The Hall–Kier alpha value is -1.71. The van der Waals surface area contributed by atoms with Crippen LogP contribution in [-0.4, -0.2) is 38.5 Å². The molecule has 2 atom stereocenters. The van der Waals surface area contributed by atoms with Gasteiger partial charge in [0.2, 0.25) is 0 Å². The lowest BCUT2D eigenvalue weighted by atomic mass is 10.1. The number of rotatable bonds is 4. The Morgan fingerprint density at radius 2 is 2.00 bits per heavy atom. The first-order valence-electron chi connectivity index (χ1n) is 6.72. The van der Waals surface area contributed by atoms with Crippen LogP contribution in [0.2, 0.25) is 0 Å². The van der Waals surface area contributed by atoms with Gasteiger partial charge in [-0.3, -0.25) is 4.79 Å². The smallest absolute Gasteiger partial charge is 0.253 e. The fraction of sp³-hybridized carbons (Fsp3) is 0.533. The van der Waals surface area contributed by atoms with Crippen LogP contribution in [0.4, 0.5) is 11.4 Å². The molecular weight excluding hydrogens is 238 g/mol. The van der Waals surface area contributed by atoms with Gasteiger partial charge >= 0.3 is 0 Å². The Morgan fingerprint density at radius 3 is 2.53 bits per heavy atom. The van der Waals surface area contributed by atoms with E-state index in [1.807, 2.05) is 19.2 Å². The molecule has 0 bridgehead atoms. The van der Waals surface area contributed by atoms with Crippen molar-refractivity contribution < 1.29 is 4.79 Å². The van der Waals surface area contributed by atoms with Gasteiger partial charge in [0.15, 0.2) is 0 Å². The highest BCUT2D eigenvalue weighted by Gasteiger charge is 2.33. The molecule has 0 heterocycles. The second kappa shape index (κ2) is 5.11. The molecule has 0 saturated heterocycles. The van der Waals surface area contributed by atoms with Crippen molar-refractivity contribution in [1.82, 2.24) is 4.90 Å². The van der Waals surface area contributed by atoms with E-state index in [-0.39, 0.29) is 5.91 Å². The van der Waals surface area contributed by atoms with Crippen LogP contribution in [0.5, 0.6) is 0 Å². The second-order valence-corrected chi connectivity index (χ2v) is 5.83. The third-order valence-corrected chi connectivity index (χ3v) is 3.88. The van der Waals surface area contributed by atoms with Crippen LogP contribution in [0.1, 0.15) is 23.7 Å². The Kier molecular flexibility index (Phi) is 3.69. The Balaban J connectivity index is 2.18. The lowest BCUT2D eigenvalue weighted by Crippen LogP contribution is -2.24. The molecule has 2 unspecified atom stereocenters. The molecule has 2 N–H and O–H groups in total. The first-order chi connectivity index (χ1) is 8.90. The van der Waals surface area contributed by atoms with Gasteiger partial charge in [0.25, 0.3) is 5.91 Å². The molecule has 1 saturated carbocycles. The van der Waals surface area contributed by atoms with Gasteiger partial charge in [0.05, 0.1) is 11.4 Å². The molecule has 1 aliphatic carbocycles. The van der Waals surface area contributed by atoms with E-state index in [1.165, 1.54) is 6.42 Å². The summed E-state index contributed by atoms with van der Waals surface area (Å²) in [5, 5.41) is 0. The van der Waals surface area contributed by atoms with Crippen molar-refractivity contribution in [2.45, 2.75) is 13.3 Å². The number of carbonyl (C=O) groups excluding carboxylic acids is 1. The molecule has 1 aromatic carbocycles. The molecule has 4 nitrogen and oxygen atoms in total. The van der Waals surface area contributed by atoms with Gasteiger partial charge < -0.3 is 15.5 Å². The lowest BCUT2D eigenvalue weighted by Gasteiger charge is -2.22. The molecule has 19 heavy (non-hydrogen) atoms. The van der Waals surface area contributed by atoms with E-state index >= 15 is 0 Å². The van der Waals surface area contributed by atoms with Gasteiger partial charge in [-0.25, -0.2) is 0 Å². The molecule has 0 spiro atoms. The lowest BCUT2D eigenvalue weighted by molar-refractivity contribution is 0.0827.